The molecule has 3 aromatic carbocycles. The van der Waals surface area contributed by atoms with Crippen LogP contribution in [0.4, 0.5) is 0 Å². The number of hydrogen-bond acceptors (Lipinski definition) is 5. The molecule has 156 valence electrons. The summed E-state index contributed by atoms with van der Waals surface area (Å²) in [6, 6.07) is 25.3. The molecule has 5 nitrogen and oxygen atoms in total. The highest BCUT2D eigenvalue weighted by molar-refractivity contribution is 7.13. The molecular weight excluding hydrogens is 408 g/mol. The Balaban J connectivity index is 1.39. The van der Waals surface area contributed by atoms with Crippen LogP contribution in [0.5, 0.6) is 11.5 Å². The fourth-order valence-corrected chi connectivity index (χ4v) is 3.82. The van der Waals surface area contributed by atoms with Gasteiger partial charge in [0.2, 0.25) is 0 Å². The molecule has 0 aliphatic heterocycles. The average Bonchev–Trinajstić information content (AvgIpc) is 3.33. The summed E-state index contributed by atoms with van der Waals surface area (Å²) in [4.78, 5) is 16.9. The first-order chi connectivity index (χ1) is 15.2. The Hall–Kier alpha value is -3.64. The van der Waals surface area contributed by atoms with Gasteiger partial charge < -0.3 is 14.8 Å². The quantitative estimate of drug-likeness (QED) is 0.411. The van der Waals surface area contributed by atoms with Gasteiger partial charge in [-0.25, -0.2) is 4.98 Å². The molecular formula is C25H22N2O3S. The van der Waals surface area contributed by atoms with Crippen molar-refractivity contribution in [3.63, 3.8) is 0 Å². The van der Waals surface area contributed by atoms with Crippen LogP contribution >= 0.6 is 11.3 Å². The summed E-state index contributed by atoms with van der Waals surface area (Å²) in [5.74, 6) is 1.36. The third-order valence-corrected chi connectivity index (χ3v) is 5.54. The molecule has 1 N–H and O–H groups in total. The van der Waals surface area contributed by atoms with Crippen LogP contribution in [0.1, 0.15) is 21.6 Å². The number of amides is 1. The summed E-state index contributed by atoms with van der Waals surface area (Å²) in [5, 5.41) is 5.46. The topological polar surface area (TPSA) is 60.5 Å². The number of hydrogen-bond donors (Lipinski definition) is 1. The third-order valence-electron chi connectivity index (χ3n) is 4.65. The van der Waals surface area contributed by atoms with Gasteiger partial charge in [-0.1, -0.05) is 54.6 Å². The largest absolute Gasteiger partial charge is 0.497 e. The van der Waals surface area contributed by atoms with Crippen LogP contribution < -0.4 is 14.8 Å². The number of carbonyl (C=O) groups is 1. The minimum atomic E-state index is -0.184. The lowest BCUT2D eigenvalue weighted by Crippen LogP contribution is -2.23. The van der Waals surface area contributed by atoms with Gasteiger partial charge in [0.1, 0.15) is 28.8 Å². The van der Waals surface area contributed by atoms with E-state index in [9.17, 15) is 4.79 Å². The Labute approximate surface area is 185 Å². The van der Waals surface area contributed by atoms with Gasteiger partial charge in [0.15, 0.2) is 0 Å². The lowest BCUT2D eigenvalue weighted by molar-refractivity contribution is 0.0946. The number of nitrogens with zero attached hydrogens (tertiary/aromatic N) is 1. The van der Waals surface area contributed by atoms with Crippen molar-refractivity contribution in [3.8, 4) is 22.1 Å². The fraction of sp³-hybridized carbons (Fsp3) is 0.120. The Morgan fingerprint density at radius 2 is 1.71 bits per heavy atom. The fourth-order valence-electron chi connectivity index (χ4n) is 3.03. The van der Waals surface area contributed by atoms with E-state index in [0.29, 0.717) is 18.8 Å². The number of ether oxygens (including phenoxy) is 2. The molecule has 0 fully saturated rings. The number of benzene rings is 3. The molecule has 4 rings (SSSR count). The normalized spacial score (nSPS) is 10.5. The minimum absolute atomic E-state index is 0.184. The molecule has 0 aliphatic rings. The number of aromatic nitrogens is 1. The van der Waals surface area contributed by atoms with Crippen LogP contribution in [0, 0.1) is 0 Å². The van der Waals surface area contributed by atoms with E-state index in [1.165, 1.54) is 11.3 Å². The van der Waals surface area contributed by atoms with Gasteiger partial charge in [0, 0.05) is 17.5 Å². The maximum Gasteiger partial charge on any atom is 0.271 e. The molecule has 0 saturated carbocycles. The lowest BCUT2D eigenvalue weighted by Gasteiger charge is -2.08. The van der Waals surface area contributed by atoms with Gasteiger partial charge in [-0.05, 0) is 35.4 Å². The Bertz CT molecular complexity index is 1160. The van der Waals surface area contributed by atoms with Crippen molar-refractivity contribution >= 4 is 17.2 Å². The maximum absolute atomic E-state index is 12.4. The molecule has 31 heavy (non-hydrogen) atoms. The average molecular weight is 431 g/mol. The van der Waals surface area contributed by atoms with Crippen molar-refractivity contribution in [2.45, 2.75) is 13.2 Å². The van der Waals surface area contributed by atoms with Gasteiger partial charge >= 0.3 is 0 Å². The van der Waals surface area contributed by atoms with Crippen molar-refractivity contribution in [1.82, 2.24) is 10.3 Å². The highest BCUT2D eigenvalue weighted by Gasteiger charge is 2.12. The second-order valence-corrected chi connectivity index (χ2v) is 7.73. The van der Waals surface area contributed by atoms with E-state index in [2.05, 4.69) is 10.3 Å². The van der Waals surface area contributed by atoms with E-state index in [1.807, 2.05) is 78.9 Å². The van der Waals surface area contributed by atoms with Crippen LogP contribution in [0.15, 0.2) is 84.2 Å². The van der Waals surface area contributed by atoms with Crippen molar-refractivity contribution in [2.75, 3.05) is 7.11 Å². The van der Waals surface area contributed by atoms with E-state index in [0.717, 1.165) is 33.2 Å². The molecule has 0 unspecified atom stereocenters. The van der Waals surface area contributed by atoms with Crippen LogP contribution in [-0.4, -0.2) is 18.0 Å². The van der Waals surface area contributed by atoms with Crippen molar-refractivity contribution in [2.24, 2.45) is 0 Å². The first-order valence-corrected chi connectivity index (χ1v) is 10.7. The van der Waals surface area contributed by atoms with Gasteiger partial charge in [-0.2, -0.15) is 0 Å². The summed E-state index contributed by atoms with van der Waals surface area (Å²) in [7, 11) is 1.65. The lowest BCUT2D eigenvalue weighted by atomic mass is 10.2. The van der Waals surface area contributed by atoms with Gasteiger partial charge in [0.25, 0.3) is 5.91 Å². The molecule has 0 radical (unpaired) electrons. The second kappa shape index (κ2) is 9.91. The zero-order valence-corrected chi connectivity index (χ0v) is 17.9. The van der Waals surface area contributed by atoms with Gasteiger partial charge in [0.05, 0.1) is 7.11 Å². The number of carbonyl (C=O) groups excluding carboxylic acids is 1. The molecule has 6 heteroatoms. The standard InChI is InChI=1S/C25H22N2O3S/c1-29-21-11-5-9-19(13-21)16-30-22-12-6-10-20(14-22)25-27-23(17-31-25)24(28)26-15-18-7-3-2-4-8-18/h2-14,17H,15-16H2,1H3,(H,26,28). The molecule has 0 atom stereocenters. The summed E-state index contributed by atoms with van der Waals surface area (Å²) in [6.07, 6.45) is 0. The summed E-state index contributed by atoms with van der Waals surface area (Å²) in [6.45, 7) is 0.909. The van der Waals surface area contributed by atoms with Gasteiger partial charge in [-0.15, -0.1) is 11.3 Å². The third kappa shape index (κ3) is 5.49. The van der Waals surface area contributed by atoms with Crippen LogP contribution in [0.25, 0.3) is 10.6 Å². The van der Waals surface area contributed by atoms with Gasteiger partial charge in [-0.3, -0.25) is 4.79 Å². The van der Waals surface area contributed by atoms with Crippen LogP contribution in [0.3, 0.4) is 0 Å². The van der Waals surface area contributed by atoms with Crippen molar-refractivity contribution < 1.29 is 14.3 Å². The molecule has 1 amide bonds. The Morgan fingerprint density at radius 3 is 2.55 bits per heavy atom. The maximum atomic E-state index is 12.4. The summed E-state index contributed by atoms with van der Waals surface area (Å²) < 4.78 is 11.2. The highest BCUT2D eigenvalue weighted by Crippen LogP contribution is 2.27. The second-order valence-electron chi connectivity index (χ2n) is 6.87. The molecule has 0 bridgehead atoms. The molecule has 0 spiro atoms. The number of rotatable bonds is 8. The van der Waals surface area contributed by atoms with E-state index in [4.69, 9.17) is 9.47 Å². The van der Waals surface area contributed by atoms with Crippen LogP contribution in [0.2, 0.25) is 0 Å². The molecule has 1 aromatic heterocycles. The van der Waals surface area contributed by atoms with E-state index >= 15 is 0 Å². The predicted octanol–water partition coefficient (Wildman–Crippen LogP) is 5.33. The molecule has 0 aliphatic carbocycles. The monoisotopic (exact) mass is 430 g/mol. The highest BCUT2D eigenvalue weighted by atomic mass is 32.1. The SMILES string of the molecule is COc1cccc(COc2cccc(-c3nc(C(=O)NCc4ccccc4)cs3)c2)c1. The molecule has 0 saturated heterocycles. The Kier molecular flexibility index (Phi) is 6.59. The van der Waals surface area contributed by atoms with Crippen molar-refractivity contribution in [3.05, 3.63) is 101 Å². The predicted molar refractivity (Wildman–Crippen MR) is 122 cm³/mol. The Morgan fingerprint density at radius 1 is 0.935 bits per heavy atom. The first-order valence-electron chi connectivity index (χ1n) is 9.85. The number of thiazole rings is 1. The van der Waals surface area contributed by atoms with E-state index < -0.39 is 0 Å². The summed E-state index contributed by atoms with van der Waals surface area (Å²) >= 11 is 1.44. The smallest absolute Gasteiger partial charge is 0.271 e. The number of nitrogens with one attached hydrogen (secondary N) is 1. The van der Waals surface area contributed by atoms with E-state index in [-0.39, 0.29) is 5.91 Å². The van der Waals surface area contributed by atoms with Crippen molar-refractivity contribution in [1.29, 1.82) is 0 Å². The zero-order valence-electron chi connectivity index (χ0n) is 17.1. The zero-order chi connectivity index (χ0) is 21.5. The summed E-state index contributed by atoms with van der Waals surface area (Å²) in [5.41, 5.74) is 3.40. The minimum Gasteiger partial charge on any atom is -0.497 e. The van der Waals surface area contributed by atoms with Crippen LogP contribution in [-0.2, 0) is 13.2 Å². The molecule has 1 heterocycles. The molecule has 4 aromatic rings. The van der Waals surface area contributed by atoms with E-state index in [1.54, 1.807) is 12.5 Å². The number of methoxy groups -OCH3 is 1. The first kappa shape index (κ1) is 20.6.